The summed E-state index contributed by atoms with van der Waals surface area (Å²) in [5.74, 6) is 0.617. The lowest BCUT2D eigenvalue weighted by Gasteiger charge is -2.09. The number of rotatable bonds is 4. The van der Waals surface area contributed by atoms with Crippen molar-refractivity contribution in [2.75, 3.05) is 0 Å². The molecule has 0 bridgehead atoms. The third-order valence-corrected chi connectivity index (χ3v) is 4.13. The highest BCUT2D eigenvalue weighted by molar-refractivity contribution is 7.98. The first kappa shape index (κ1) is 14.1. The van der Waals surface area contributed by atoms with E-state index in [4.69, 9.17) is 5.73 Å². The Morgan fingerprint density at radius 1 is 1.11 bits per heavy atom. The van der Waals surface area contributed by atoms with Gasteiger partial charge in [0.2, 0.25) is 0 Å². The van der Waals surface area contributed by atoms with Crippen molar-refractivity contribution in [1.29, 1.82) is 0 Å². The van der Waals surface area contributed by atoms with Gasteiger partial charge in [0, 0.05) is 22.8 Å². The molecule has 0 atom stereocenters. The van der Waals surface area contributed by atoms with E-state index in [-0.39, 0.29) is 12.4 Å². The second-order valence-electron chi connectivity index (χ2n) is 4.71. The zero-order chi connectivity index (χ0) is 13.8. The molecule has 0 unspecified atom stereocenters. The van der Waals surface area contributed by atoms with E-state index in [2.05, 4.69) is 32.0 Å². The van der Waals surface area contributed by atoms with Crippen LogP contribution in [0.3, 0.4) is 0 Å². The molecule has 0 aliphatic carbocycles. The molecule has 0 fully saturated rings. The van der Waals surface area contributed by atoms with Crippen molar-refractivity contribution in [1.82, 2.24) is 0 Å². The van der Waals surface area contributed by atoms with Crippen molar-refractivity contribution in [3.63, 3.8) is 0 Å². The van der Waals surface area contributed by atoms with Crippen molar-refractivity contribution < 1.29 is 4.39 Å². The van der Waals surface area contributed by atoms with E-state index >= 15 is 0 Å². The Balaban J connectivity index is 2.16. The quantitative estimate of drug-likeness (QED) is 0.847. The van der Waals surface area contributed by atoms with Crippen molar-refractivity contribution in [3.8, 4) is 0 Å². The molecule has 1 nitrogen and oxygen atoms in total. The van der Waals surface area contributed by atoms with Crippen molar-refractivity contribution >= 4 is 11.8 Å². The highest BCUT2D eigenvalue weighted by atomic mass is 32.2. The summed E-state index contributed by atoms with van der Waals surface area (Å²) in [4.78, 5) is 0.932. The normalized spacial score (nSPS) is 10.7. The van der Waals surface area contributed by atoms with Crippen LogP contribution in [-0.2, 0) is 12.3 Å². The molecular formula is C16H18FNS. The van der Waals surface area contributed by atoms with E-state index in [1.807, 2.05) is 6.07 Å². The summed E-state index contributed by atoms with van der Waals surface area (Å²) in [6.07, 6.45) is 0. The van der Waals surface area contributed by atoms with Crippen LogP contribution in [0.5, 0.6) is 0 Å². The molecule has 3 heteroatoms. The smallest absolute Gasteiger partial charge is 0.128 e. The van der Waals surface area contributed by atoms with Gasteiger partial charge in [0.05, 0.1) is 0 Å². The van der Waals surface area contributed by atoms with E-state index in [1.54, 1.807) is 17.8 Å². The van der Waals surface area contributed by atoms with Crippen LogP contribution in [0, 0.1) is 19.7 Å². The van der Waals surface area contributed by atoms with Crippen molar-refractivity contribution in [2.24, 2.45) is 5.73 Å². The third kappa shape index (κ3) is 3.58. The van der Waals surface area contributed by atoms with Gasteiger partial charge >= 0.3 is 0 Å². The van der Waals surface area contributed by atoms with E-state index in [1.165, 1.54) is 22.8 Å². The Morgan fingerprint density at radius 3 is 2.42 bits per heavy atom. The van der Waals surface area contributed by atoms with Gasteiger partial charge in [0.1, 0.15) is 5.82 Å². The maximum Gasteiger partial charge on any atom is 0.128 e. The second kappa shape index (κ2) is 6.22. The highest BCUT2D eigenvalue weighted by Gasteiger charge is 2.07. The summed E-state index contributed by atoms with van der Waals surface area (Å²) >= 11 is 1.64. The second-order valence-corrected chi connectivity index (χ2v) is 5.72. The Labute approximate surface area is 118 Å². The van der Waals surface area contributed by atoms with Crippen molar-refractivity contribution in [3.05, 3.63) is 64.5 Å². The minimum Gasteiger partial charge on any atom is -0.326 e. The molecule has 0 aliphatic heterocycles. The van der Waals surface area contributed by atoms with Gasteiger partial charge < -0.3 is 5.73 Å². The summed E-state index contributed by atoms with van der Waals surface area (Å²) in [6.45, 7) is 4.42. The molecule has 0 spiro atoms. The van der Waals surface area contributed by atoms with Gasteiger partial charge in [0.15, 0.2) is 0 Å². The predicted octanol–water partition coefficient (Wildman–Crippen LogP) is 4.19. The number of hydrogen-bond donors (Lipinski definition) is 1. The topological polar surface area (TPSA) is 26.0 Å². The fourth-order valence-electron chi connectivity index (χ4n) is 2.19. The van der Waals surface area contributed by atoms with Crippen LogP contribution >= 0.6 is 11.8 Å². The number of halogens is 1. The molecule has 19 heavy (non-hydrogen) atoms. The third-order valence-electron chi connectivity index (χ3n) is 2.96. The highest BCUT2D eigenvalue weighted by Crippen LogP contribution is 2.28. The molecule has 0 heterocycles. The van der Waals surface area contributed by atoms with Gasteiger partial charge in [-0.15, -0.1) is 11.8 Å². The molecule has 0 saturated carbocycles. The van der Waals surface area contributed by atoms with Gasteiger partial charge in [-0.3, -0.25) is 0 Å². The lowest BCUT2D eigenvalue weighted by Crippen LogP contribution is -2.01. The number of thioether (sulfide) groups is 1. The van der Waals surface area contributed by atoms with Gasteiger partial charge in [-0.1, -0.05) is 35.4 Å². The van der Waals surface area contributed by atoms with E-state index < -0.39 is 0 Å². The molecule has 2 aromatic rings. The zero-order valence-electron chi connectivity index (χ0n) is 11.2. The Kier molecular flexibility index (Phi) is 4.61. The Bertz CT molecular complexity index is 561. The van der Waals surface area contributed by atoms with Crippen LogP contribution in [-0.4, -0.2) is 0 Å². The summed E-state index contributed by atoms with van der Waals surface area (Å²) in [5, 5.41) is 0. The summed E-state index contributed by atoms with van der Waals surface area (Å²) < 4.78 is 13.6. The summed E-state index contributed by atoms with van der Waals surface area (Å²) in [6, 6.07) is 11.6. The SMILES string of the molecule is Cc1cc(C)cc(CSc2cccc(F)c2CN)c1. The number of benzene rings is 2. The molecule has 0 amide bonds. The van der Waals surface area contributed by atoms with E-state index in [0.717, 1.165) is 10.6 Å². The van der Waals surface area contributed by atoms with Crippen LogP contribution < -0.4 is 5.73 Å². The molecule has 0 aromatic heterocycles. The fourth-order valence-corrected chi connectivity index (χ4v) is 3.20. The lowest BCUT2D eigenvalue weighted by molar-refractivity contribution is 0.604. The lowest BCUT2D eigenvalue weighted by atomic mass is 10.1. The van der Waals surface area contributed by atoms with Crippen LogP contribution in [0.25, 0.3) is 0 Å². The predicted molar refractivity (Wildman–Crippen MR) is 79.8 cm³/mol. The average Bonchev–Trinajstić information content (AvgIpc) is 2.35. The largest absolute Gasteiger partial charge is 0.326 e. The van der Waals surface area contributed by atoms with Gasteiger partial charge in [-0.2, -0.15) is 0 Å². The molecule has 0 saturated heterocycles. The first-order valence-corrected chi connectivity index (χ1v) is 7.26. The molecule has 2 N–H and O–H groups in total. The molecule has 100 valence electrons. The maximum absolute atomic E-state index is 13.6. The molecule has 0 aliphatic rings. The molecule has 2 rings (SSSR count). The van der Waals surface area contributed by atoms with E-state index in [0.29, 0.717) is 5.56 Å². The number of hydrogen-bond acceptors (Lipinski definition) is 2. The van der Waals surface area contributed by atoms with Crippen molar-refractivity contribution in [2.45, 2.75) is 31.0 Å². The minimum atomic E-state index is -0.215. The minimum absolute atomic E-state index is 0.215. The average molecular weight is 275 g/mol. The van der Waals surface area contributed by atoms with Gasteiger partial charge in [-0.05, 0) is 31.5 Å². The van der Waals surface area contributed by atoms with Gasteiger partial charge in [-0.25, -0.2) is 4.39 Å². The summed E-state index contributed by atoms with van der Waals surface area (Å²) in [7, 11) is 0. The Morgan fingerprint density at radius 2 is 1.79 bits per heavy atom. The zero-order valence-corrected chi connectivity index (χ0v) is 12.1. The first-order valence-electron chi connectivity index (χ1n) is 6.27. The monoisotopic (exact) mass is 275 g/mol. The van der Waals surface area contributed by atoms with Gasteiger partial charge in [0.25, 0.3) is 0 Å². The van der Waals surface area contributed by atoms with Crippen LogP contribution in [0.1, 0.15) is 22.3 Å². The molecular weight excluding hydrogens is 257 g/mol. The van der Waals surface area contributed by atoms with Crippen LogP contribution in [0.2, 0.25) is 0 Å². The first-order chi connectivity index (χ1) is 9.10. The van der Waals surface area contributed by atoms with Crippen LogP contribution in [0.4, 0.5) is 4.39 Å². The standard InChI is InChI=1S/C16H18FNS/c1-11-6-12(2)8-13(7-11)10-19-16-5-3-4-15(17)14(16)9-18/h3-8H,9-10,18H2,1-2H3. The summed E-state index contributed by atoms with van der Waals surface area (Å²) in [5.41, 5.74) is 10.00. The number of nitrogens with two attached hydrogens (primary N) is 1. The fraction of sp³-hybridized carbons (Fsp3) is 0.250. The number of aryl methyl sites for hydroxylation is 2. The van der Waals surface area contributed by atoms with Crippen LogP contribution in [0.15, 0.2) is 41.3 Å². The Hall–Kier alpha value is -1.32. The molecule has 0 radical (unpaired) electrons. The molecule has 2 aromatic carbocycles. The van der Waals surface area contributed by atoms with E-state index in [9.17, 15) is 4.39 Å². The maximum atomic E-state index is 13.6.